The van der Waals surface area contributed by atoms with E-state index in [1.807, 2.05) is 97.1 Å². The van der Waals surface area contributed by atoms with E-state index in [1.165, 1.54) is 0 Å². The molecule has 0 aliphatic carbocycles. The molecule has 0 fully saturated rings. The van der Waals surface area contributed by atoms with Gasteiger partial charge in [-0.25, -0.2) is 15.0 Å². The van der Waals surface area contributed by atoms with Gasteiger partial charge in [-0.05, 0) is 53.1 Å². The Labute approximate surface area is 297 Å². The molecule has 51 heavy (non-hydrogen) atoms. The molecule has 7 aromatic carbocycles. The van der Waals surface area contributed by atoms with Gasteiger partial charge in [0.25, 0.3) is 0 Å². The Hall–Kier alpha value is -6.56. The van der Waals surface area contributed by atoms with Crippen LogP contribution >= 0.6 is 11.6 Å². The third-order valence-corrected chi connectivity index (χ3v) is 9.73. The maximum Gasteiger partial charge on any atom is 0.167 e. The summed E-state index contributed by atoms with van der Waals surface area (Å²) in [5.74, 6) is 1.51. The zero-order valence-electron chi connectivity index (χ0n) is 27.0. The Morgan fingerprint density at radius 1 is 0.373 bits per heavy atom. The van der Waals surface area contributed by atoms with Crippen molar-refractivity contribution in [2.75, 3.05) is 0 Å². The minimum Gasteiger partial charge on any atom is -0.455 e. The molecule has 10 aromatic rings. The monoisotopic (exact) mass is 675 g/mol. The number of fused-ring (bicyclic) bond motifs is 6. The van der Waals surface area contributed by atoms with E-state index in [0.717, 1.165) is 71.7 Å². The highest BCUT2D eigenvalue weighted by Gasteiger charge is 2.23. The molecule has 5 nitrogen and oxygen atoms in total. The number of aromatic nitrogens is 3. The highest BCUT2D eigenvalue weighted by molar-refractivity contribution is 6.38. The Bertz CT molecular complexity index is 2920. The molecular weight excluding hydrogens is 650 g/mol. The lowest BCUT2D eigenvalue weighted by atomic mass is 9.95. The molecular formula is C45H26ClN3O2. The second-order valence-corrected chi connectivity index (χ2v) is 12.9. The first-order valence-corrected chi connectivity index (χ1v) is 17.1. The summed E-state index contributed by atoms with van der Waals surface area (Å²) in [5, 5.41) is 4.35. The Kier molecular flexibility index (Phi) is 6.79. The number of halogens is 1. The minimum absolute atomic E-state index is 0.470. The molecule has 0 saturated carbocycles. The highest BCUT2D eigenvalue weighted by atomic mass is 35.5. The molecule has 10 rings (SSSR count). The molecule has 3 aromatic heterocycles. The normalized spacial score (nSPS) is 11.6. The van der Waals surface area contributed by atoms with Gasteiger partial charge in [-0.3, -0.25) is 0 Å². The van der Waals surface area contributed by atoms with E-state index in [2.05, 4.69) is 60.7 Å². The number of nitrogens with zero attached hydrogens (tertiary/aromatic N) is 3. The van der Waals surface area contributed by atoms with E-state index in [4.69, 9.17) is 35.4 Å². The third-order valence-electron chi connectivity index (χ3n) is 9.41. The van der Waals surface area contributed by atoms with E-state index in [9.17, 15) is 0 Å². The first-order chi connectivity index (χ1) is 25.2. The quantitative estimate of drug-likeness (QED) is 0.182. The summed E-state index contributed by atoms with van der Waals surface area (Å²) in [6.07, 6.45) is 0. The highest BCUT2D eigenvalue weighted by Crippen LogP contribution is 2.45. The number of para-hydroxylation sites is 2. The van der Waals surface area contributed by atoms with E-state index < -0.39 is 0 Å². The predicted molar refractivity (Wildman–Crippen MR) is 207 cm³/mol. The molecule has 0 N–H and O–H groups in total. The number of hydrogen-bond acceptors (Lipinski definition) is 5. The molecule has 0 radical (unpaired) electrons. The molecule has 6 heteroatoms. The average Bonchev–Trinajstić information content (AvgIpc) is 3.78. The van der Waals surface area contributed by atoms with E-state index >= 15 is 0 Å². The smallest absolute Gasteiger partial charge is 0.167 e. The van der Waals surface area contributed by atoms with Gasteiger partial charge in [0.05, 0.1) is 16.1 Å². The summed E-state index contributed by atoms with van der Waals surface area (Å²) in [7, 11) is 0. The zero-order valence-corrected chi connectivity index (χ0v) is 27.8. The van der Waals surface area contributed by atoms with Crippen LogP contribution in [0, 0.1) is 0 Å². The fourth-order valence-electron chi connectivity index (χ4n) is 7.00. The summed E-state index contributed by atoms with van der Waals surface area (Å²) in [6, 6.07) is 52.9. The molecule has 0 aliphatic heterocycles. The summed E-state index contributed by atoms with van der Waals surface area (Å²) in [5.41, 5.74) is 9.44. The fraction of sp³-hybridized carbons (Fsp3) is 0. The van der Waals surface area contributed by atoms with Crippen LogP contribution < -0.4 is 0 Å². The molecule has 0 amide bonds. The van der Waals surface area contributed by atoms with Gasteiger partial charge in [0, 0.05) is 32.7 Å². The minimum atomic E-state index is 0.470. The molecule has 0 bridgehead atoms. The lowest BCUT2D eigenvalue weighted by Crippen LogP contribution is -2.00. The molecule has 0 saturated heterocycles. The molecule has 0 spiro atoms. The van der Waals surface area contributed by atoms with Crippen LogP contribution in [0.15, 0.2) is 167 Å². The van der Waals surface area contributed by atoms with Crippen LogP contribution in [0.5, 0.6) is 0 Å². The zero-order chi connectivity index (χ0) is 33.9. The SMILES string of the molecule is Clc1ccc(-c2nc(-c3ccccc3)nc(-c3cccc4c3oc3ccccc34)n2)c2oc3c(-c4ccccc4)cc(-c4ccccc4)cc3c12. The number of rotatable bonds is 5. The van der Waals surface area contributed by atoms with Gasteiger partial charge in [0.2, 0.25) is 0 Å². The van der Waals surface area contributed by atoms with Gasteiger partial charge in [-0.2, -0.15) is 0 Å². The second-order valence-electron chi connectivity index (χ2n) is 12.5. The van der Waals surface area contributed by atoms with Gasteiger partial charge in [0.15, 0.2) is 17.5 Å². The maximum absolute atomic E-state index is 7.07. The standard InChI is InChI=1S/C45H26ClN3O2/c46-37-24-23-34(42-39(37)36-26-30(27-13-4-1-5-14-27)25-35(41(36)51-42)28-15-6-2-7-16-28)45-48-43(29-17-8-3-9-18-29)47-44(49-45)33-21-12-20-32-31-19-10-11-22-38(31)50-40(32)33/h1-26H. The van der Waals surface area contributed by atoms with Crippen molar-refractivity contribution in [3.05, 3.63) is 163 Å². The van der Waals surface area contributed by atoms with Crippen LogP contribution in [-0.2, 0) is 0 Å². The topological polar surface area (TPSA) is 65.0 Å². The van der Waals surface area contributed by atoms with Gasteiger partial charge < -0.3 is 8.83 Å². The van der Waals surface area contributed by atoms with Crippen molar-refractivity contribution < 1.29 is 8.83 Å². The largest absolute Gasteiger partial charge is 0.455 e. The van der Waals surface area contributed by atoms with Crippen LogP contribution in [-0.4, -0.2) is 15.0 Å². The van der Waals surface area contributed by atoms with E-state index in [1.54, 1.807) is 0 Å². The first-order valence-electron chi connectivity index (χ1n) is 16.7. The average molecular weight is 676 g/mol. The van der Waals surface area contributed by atoms with Crippen LogP contribution in [0.3, 0.4) is 0 Å². The van der Waals surface area contributed by atoms with E-state index in [-0.39, 0.29) is 0 Å². The molecule has 0 unspecified atom stereocenters. The van der Waals surface area contributed by atoms with Crippen molar-refractivity contribution in [1.29, 1.82) is 0 Å². The number of hydrogen-bond donors (Lipinski definition) is 0. The summed E-state index contributed by atoms with van der Waals surface area (Å²) >= 11 is 7.07. The molecule has 240 valence electrons. The molecule has 0 atom stereocenters. The van der Waals surface area contributed by atoms with Gasteiger partial charge >= 0.3 is 0 Å². The van der Waals surface area contributed by atoms with Crippen molar-refractivity contribution >= 4 is 55.5 Å². The lowest BCUT2D eigenvalue weighted by Gasteiger charge is -2.09. The van der Waals surface area contributed by atoms with Crippen LogP contribution in [0.2, 0.25) is 5.02 Å². The Morgan fingerprint density at radius 3 is 1.71 bits per heavy atom. The second kappa shape index (κ2) is 11.8. The van der Waals surface area contributed by atoms with E-state index in [0.29, 0.717) is 33.6 Å². The number of benzene rings is 7. The summed E-state index contributed by atoms with van der Waals surface area (Å²) < 4.78 is 13.3. The summed E-state index contributed by atoms with van der Waals surface area (Å²) in [6.45, 7) is 0. The first kappa shape index (κ1) is 29.4. The van der Waals surface area contributed by atoms with Crippen molar-refractivity contribution in [3.8, 4) is 56.4 Å². The Morgan fingerprint density at radius 2 is 0.961 bits per heavy atom. The van der Waals surface area contributed by atoms with Crippen LogP contribution in [0.1, 0.15) is 0 Å². The fourth-order valence-corrected chi connectivity index (χ4v) is 7.25. The molecule has 3 heterocycles. The van der Waals surface area contributed by atoms with Crippen molar-refractivity contribution in [2.45, 2.75) is 0 Å². The Balaban J connectivity index is 1.26. The van der Waals surface area contributed by atoms with Crippen LogP contribution in [0.4, 0.5) is 0 Å². The van der Waals surface area contributed by atoms with Gasteiger partial charge in [-0.1, -0.05) is 133 Å². The van der Waals surface area contributed by atoms with Crippen molar-refractivity contribution in [3.63, 3.8) is 0 Å². The third kappa shape index (κ3) is 4.90. The lowest BCUT2D eigenvalue weighted by molar-refractivity contribution is 0.669. The van der Waals surface area contributed by atoms with Gasteiger partial charge in [-0.15, -0.1) is 0 Å². The van der Waals surface area contributed by atoms with Crippen LogP contribution in [0.25, 0.3) is 100 Å². The summed E-state index contributed by atoms with van der Waals surface area (Å²) in [4.78, 5) is 15.2. The van der Waals surface area contributed by atoms with Gasteiger partial charge in [0.1, 0.15) is 22.3 Å². The van der Waals surface area contributed by atoms with Crippen molar-refractivity contribution in [2.24, 2.45) is 0 Å². The predicted octanol–water partition coefficient (Wildman–Crippen LogP) is 12.7. The maximum atomic E-state index is 7.07. The number of furan rings is 2. The molecule has 0 aliphatic rings. The van der Waals surface area contributed by atoms with Crippen molar-refractivity contribution in [1.82, 2.24) is 15.0 Å².